The second-order valence-electron chi connectivity index (χ2n) is 11.7. The molecule has 0 bridgehead atoms. The van der Waals surface area contributed by atoms with Crippen molar-refractivity contribution in [1.29, 1.82) is 0 Å². The van der Waals surface area contributed by atoms with Gasteiger partial charge < -0.3 is 25.8 Å². The largest absolute Gasteiger partial charge is 0.465 e. The predicted octanol–water partition coefficient (Wildman–Crippen LogP) is 3.95. The molecule has 11 heteroatoms. The van der Waals surface area contributed by atoms with Crippen molar-refractivity contribution in [3.63, 3.8) is 0 Å². The number of ether oxygens (including phenoxy) is 1. The van der Waals surface area contributed by atoms with Crippen LogP contribution in [0.25, 0.3) is 0 Å². The van der Waals surface area contributed by atoms with Crippen molar-refractivity contribution in [2.24, 2.45) is 5.92 Å². The monoisotopic (exact) mass is 588 g/mol. The number of carbonyl (C=O) groups is 5. The summed E-state index contributed by atoms with van der Waals surface area (Å²) in [5.41, 5.74) is 0.190. The number of rotatable bonds is 19. The van der Waals surface area contributed by atoms with Crippen molar-refractivity contribution in [2.75, 3.05) is 11.9 Å². The van der Waals surface area contributed by atoms with E-state index in [2.05, 4.69) is 21.3 Å². The summed E-state index contributed by atoms with van der Waals surface area (Å²) in [6.45, 7) is 9.99. The SMILES string of the molecule is CCCCCC(=O)NC(Cc1ccc(NC(=O)O)cc1)C(=O)NC(CCCC)C(=O)NC(CC(C)C)C(=O)C1(C)CO1. The molecule has 4 atom stereocenters. The van der Waals surface area contributed by atoms with E-state index >= 15 is 0 Å². The molecule has 4 amide bonds. The van der Waals surface area contributed by atoms with Crippen LogP contribution in [0.1, 0.15) is 91.5 Å². The summed E-state index contributed by atoms with van der Waals surface area (Å²) in [6, 6.07) is 3.93. The zero-order chi connectivity index (χ0) is 31.3. The van der Waals surface area contributed by atoms with Gasteiger partial charge in [-0.25, -0.2) is 4.79 Å². The van der Waals surface area contributed by atoms with E-state index < -0.39 is 41.6 Å². The molecular formula is C31H48N4O7. The lowest BCUT2D eigenvalue weighted by atomic mass is 9.93. The third-order valence-corrected chi connectivity index (χ3v) is 7.22. The Bertz CT molecular complexity index is 1070. The van der Waals surface area contributed by atoms with Crippen LogP contribution in [0.5, 0.6) is 0 Å². The van der Waals surface area contributed by atoms with E-state index in [0.29, 0.717) is 43.5 Å². The summed E-state index contributed by atoms with van der Waals surface area (Å²) < 4.78 is 5.33. The molecule has 0 spiro atoms. The number of hydrogen-bond donors (Lipinski definition) is 5. The maximum atomic E-state index is 13.6. The third kappa shape index (κ3) is 11.8. The zero-order valence-electron chi connectivity index (χ0n) is 25.6. The lowest BCUT2D eigenvalue weighted by Crippen LogP contribution is -2.57. The third-order valence-electron chi connectivity index (χ3n) is 7.22. The first kappa shape index (κ1) is 34.7. The topological polar surface area (TPSA) is 166 Å². The highest BCUT2D eigenvalue weighted by Gasteiger charge is 2.50. The molecule has 1 aliphatic rings. The van der Waals surface area contributed by atoms with Crippen molar-refractivity contribution in [2.45, 2.75) is 116 Å². The molecule has 234 valence electrons. The number of epoxide rings is 1. The van der Waals surface area contributed by atoms with Gasteiger partial charge in [0, 0.05) is 18.5 Å². The minimum Gasteiger partial charge on any atom is -0.465 e. The fourth-order valence-electron chi connectivity index (χ4n) is 4.64. The number of carboxylic acid groups (broad SMARTS) is 1. The molecule has 1 saturated heterocycles. The molecular weight excluding hydrogens is 540 g/mol. The molecule has 1 aromatic carbocycles. The molecule has 1 heterocycles. The fourth-order valence-corrected chi connectivity index (χ4v) is 4.64. The Balaban J connectivity index is 2.21. The average molecular weight is 589 g/mol. The van der Waals surface area contributed by atoms with Crippen molar-refractivity contribution in [3.05, 3.63) is 29.8 Å². The van der Waals surface area contributed by atoms with Gasteiger partial charge in [-0.15, -0.1) is 0 Å². The minimum absolute atomic E-state index is 0.144. The smallest absolute Gasteiger partial charge is 0.409 e. The molecule has 1 aliphatic heterocycles. The van der Waals surface area contributed by atoms with E-state index in [-0.39, 0.29) is 30.4 Å². The number of unbranched alkanes of at least 4 members (excludes halogenated alkanes) is 3. The molecule has 42 heavy (non-hydrogen) atoms. The lowest BCUT2D eigenvalue weighted by molar-refractivity contribution is -0.134. The van der Waals surface area contributed by atoms with Gasteiger partial charge in [-0.05, 0) is 49.8 Å². The number of benzene rings is 1. The average Bonchev–Trinajstić information content (AvgIpc) is 3.68. The van der Waals surface area contributed by atoms with Crippen molar-refractivity contribution in [3.8, 4) is 0 Å². The summed E-state index contributed by atoms with van der Waals surface area (Å²) in [7, 11) is 0. The van der Waals surface area contributed by atoms with Crippen molar-refractivity contribution >= 4 is 35.3 Å². The first-order valence-electron chi connectivity index (χ1n) is 15.1. The summed E-state index contributed by atoms with van der Waals surface area (Å²) in [5, 5.41) is 19.7. The molecule has 4 unspecified atom stereocenters. The Kier molecular flexibility index (Phi) is 13.9. The van der Waals surface area contributed by atoms with Crippen LogP contribution in [0, 0.1) is 5.92 Å². The van der Waals surface area contributed by atoms with Gasteiger partial charge in [0.15, 0.2) is 5.78 Å². The number of Topliss-reactive ketones (excluding diaryl/α,β-unsaturated/α-hetero) is 1. The highest BCUT2D eigenvalue weighted by atomic mass is 16.6. The molecule has 0 saturated carbocycles. The van der Waals surface area contributed by atoms with Gasteiger partial charge in [-0.2, -0.15) is 0 Å². The van der Waals surface area contributed by atoms with Crippen LogP contribution < -0.4 is 21.3 Å². The Morgan fingerprint density at radius 1 is 0.881 bits per heavy atom. The Hall–Kier alpha value is -3.47. The van der Waals surface area contributed by atoms with Gasteiger partial charge in [-0.3, -0.25) is 24.5 Å². The van der Waals surface area contributed by atoms with Crippen molar-refractivity contribution in [1.82, 2.24) is 16.0 Å². The van der Waals surface area contributed by atoms with E-state index in [1.807, 2.05) is 27.7 Å². The second-order valence-corrected chi connectivity index (χ2v) is 11.7. The highest BCUT2D eigenvalue weighted by Crippen LogP contribution is 2.29. The molecule has 2 rings (SSSR count). The fraction of sp³-hybridized carbons (Fsp3) is 0.645. The molecule has 0 aromatic heterocycles. The van der Waals surface area contributed by atoms with Gasteiger partial charge in [-0.1, -0.05) is 65.5 Å². The summed E-state index contributed by atoms with van der Waals surface area (Å²) in [6.07, 6.45) is 4.06. The molecule has 11 nitrogen and oxygen atoms in total. The van der Waals surface area contributed by atoms with Crippen LogP contribution in [0.15, 0.2) is 24.3 Å². The molecule has 5 N–H and O–H groups in total. The van der Waals surface area contributed by atoms with E-state index in [0.717, 1.165) is 19.3 Å². The Labute approximate surface area is 248 Å². The summed E-state index contributed by atoms with van der Waals surface area (Å²) in [4.78, 5) is 63.8. The van der Waals surface area contributed by atoms with Gasteiger partial charge >= 0.3 is 6.09 Å². The number of anilines is 1. The summed E-state index contributed by atoms with van der Waals surface area (Å²) >= 11 is 0. The van der Waals surface area contributed by atoms with E-state index in [9.17, 15) is 24.0 Å². The molecule has 1 aromatic rings. The number of amides is 4. The van der Waals surface area contributed by atoms with Crippen molar-refractivity contribution < 1.29 is 33.8 Å². The molecule has 1 fully saturated rings. The predicted molar refractivity (Wildman–Crippen MR) is 160 cm³/mol. The van der Waals surface area contributed by atoms with Gasteiger partial charge in [0.2, 0.25) is 17.7 Å². The Morgan fingerprint density at radius 3 is 2.02 bits per heavy atom. The normalized spacial score (nSPS) is 18.0. The van der Waals surface area contributed by atoms with Crippen LogP contribution >= 0.6 is 0 Å². The number of carbonyl (C=O) groups excluding carboxylic acids is 4. The van der Waals surface area contributed by atoms with E-state index in [4.69, 9.17) is 9.84 Å². The number of hydrogen-bond acceptors (Lipinski definition) is 6. The Morgan fingerprint density at radius 2 is 1.48 bits per heavy atom. The van der Waals surface area contributed by atoms with E-state index in [1.54, 1.807) is 31.2 Å². The molecule has 0 radical (unpaired) electrons. The summed E-state index contributed by atoms with van der Waals surface area (Å²) in [5.74, 6) is -1.25. The number of nitrogens with one attached hydrogen (secondary N) is 4. The van der Waals surface area contributed by atoms with Crippen LogP contribution in [0.4, 0.5) is 10.5 Å². The number of ketones is 1. The van der Waals surface area contributed by atoms with Crippen LogP contribution in [0.3, 0.4) is 0 Å². The maximum absolute atomic E-state index is 13.6. The van der Waals surface area contributed by atoms with E-state index in [1.165, 1.54) is 0 Å². The van der Waals surface area contributed by atoms with Gasteiger partial charge in [0.25, 0.3) is 0 Å². The van der Waals surface area contributed by atoms with Crippen LogP contribution in [0.2, 0.25) is 0 Å². The van der Waals surface area contributed by atoms with Crippen LogP contribution in [-0.2, 0) is 30.3 Å². The standard InChI is InChI=1S/C31H48N4O7/c1-6-8-10-12-26(36)33-25(18-21-13-15-22(16-14-21)32-30(40)41)29(39)34-23(11-9-7-2)28(38)35-24(17-20(3)4)27(37)31(5)19-42-31/h13-16,20,23-25,32H,6-12,17-19H2,1-5H3,(H,33,36)(H,34,39)(H,35,38)(H,40,41). The van der Waals surface area contributed by atoms with Gasteiger partial charge in [0.1, 0.15) is 17.7 Å². The quantitative estimate of drug-likeness (QED) is 0.121. The zero-order valence-corrected chi connectivity index (χ0v) is 25.6. The second kappa shape index (κ2) is 16.8. The maximum Gasteiger partial charge on any atom is 0.409 e. The molecule has 0 aliphatic carbocycles. The first-order valence-corrected chi connectivity index (χ1v) is 15.1. The minimum atomic E-state index is -1.19. The van der Waals surface area contributed by atoms with Gasteiger partial charge in [0.05, 0.1) is 12.6 Å². The highest BCUT2D eigenvalue weighted by molar-refractivity contribution is 5.98. The lowest BCUT2D eigenvalue weighted by Gasteiger charge is -2.26. The van der Waals surface area contributed by atoms with Crippen LogP contribution in [-0.4, -0.2) is 65.0 Å². The first-order chi connectivity index (χ1) is 19.9.